The molecule has 3 nitrogen and oxygen atoms in total. The Labute approximate surface area is 116 Å². The Morgan fingerprint density at radius 1 is 1.50 bits per heavy atom. The zero-order valence-corrected chi connectivity index (χ0v) is 12.3. The molecule has 1 aromatic carbocycles. The molecule has 0 aromatic heterocycles. The monoisotopic (exact) mass is 311 g/mol. The molecule has 1 aliphatic rings. The van der Waals surface area contributed by atoms with Crippen molar-refractivity contribution >= 4 is 21.8 Å². The van der Waals surface area contributed by atoms with Gasteiger partial charge in [-0.3, -0.25) is 4.79 Å². The van der Waals surface area contributed by atoms with Gasteiger partial charge in [-0.2, -0.15) is 0 Å². The van der Waals surface area contributed by atoms with Gasteiger partial charge in [0.2, 0.25) is 0 Å². The van der Waals surface area contributed by atoms with Gasteiger partial charge in [0.05, 0.1) is 11.7 Å². The fraction of sp³-hybridized carbons (Fsp3) is 0.500. The van der Waals surface area contributed by atoms with Gasteiger partial charge >= 0.3 is 0 Å². The number of carbonyl (C=O) groups excluding carboxylic acids is 1. The molecule has 0 saturated carbocycles. The van der Waals surface area contributed by atoms with Gasteiger partial charge in [0.25, 0.3) is 5.91 Å². The predicted octanol–water partition coefficient (Wildman–Crippen LogP) is 2.60. The van der Waals surface area contributed by atoms with Gasteiger partial charge in [0, 0.05) is 17.6 Å². The summed E-state index contributed by atoms with van der Waals surface area (Å²) in [6.45, 7) is 5.14. The number of nitrogens with zero attached hydrogens (tertiary/aromatic N) is 1. The lowest BCUT2D eigenvalue weighted by molar-refractivity contribution is 0.0248. The number of hydrogen-bond donors (Lipinski definition) is 1. The Bertz CT molecular complexity index is 461. The van der Waals surface area contributed by atoms with Crippen LogP contribution in [0, 0.1) is 12.8 Å². The molecule has 0 spiro atoms. The Hall–Kier alpha value is -0.870. The second-order valence-electron chi connectivity index (χ2n) is 5.02. The average molecular weight is 312 g/mol. The van der Waals surface area contributed by atoms with Crippen LogP contribution in [0.4, 0.5) is 0 Å². The lowest BCUT2D eigenvalue weighted by Crippen LogP contribution is -2.45. The molecule has 1 aromatic rings. The summed E-state index contributed by atoms with van der Waals surface area (Å²) in [7, 11) is 0. The number of hydrogen-bond acceptors (Lipinski definition) is 2. The molecule has 18 heavy (non-hydrogen) atoms. The average Bonchev–Trinajstić information content (AvgIpc) is 2.35. The van der Waals surface area contributed by atoms with Crippen LogP contribution in [0.15, 0.2) is 22.7 Å². The molecular formula is C14H18BrNO2. The lowest BCUT2D eigenvalue weighted by atomic mass is 9.95. The zero-order valence-electron chi connectivity index (χ0n) is 10.7. The van der Waals surface area contributed by atoms with Crippen molar-refractivity contribution in [3.05, 3.63) is 33.8 Å². The third-order valence-corrected chi connectivity index (χ3v) is 4.68. The van der Waals surface area contributed by atoms with Crippen molar-refractivity contribution in [1.29, 1.82) is 0 Å². The molecule has 2 rings (SSSR count). The number of aliphatic hydroxyl groups excluding tert-OH is 1. The Morgan fingerprint density at radius 3 is 2.89 bits per heavy atom. The highest BCUT2D eigenvalue weighted by molar-refractivity contribution is 9.10. The molecular weight excluding hydrogens is 294 g/mol. The van der Waals surface area contributed by atoms with E-state index in [9.17, 15) is 9.90 Å². The highest BCUT2D eigenvalue weighted by Gasteiger charge is 2.28. The third kappa shape index (κ3) is 2.59. The molecule has 0 radical (unpaired) electrons. The minimum Gasteiger partial charge on any atom is -0.391 e. The Morgan fingerprint density at radius 2 is 2.22 bits per heavy atom. The quantitative estimate of drug-likeness (QED) is 0.866. The summed E-state index contributed by atoms with van der Waals surface area (Å²) in [5.41, 5.74) is 1.73. The molecule has 1 heterocycles. The van der Waals surface area contributed by atoms with Crippen LogP contribution in [0.5, 0.6) is 0 Å². The maximum Gasteiger partial charge on any atom is 0.255 e. The zero-order chi connectivity index (χ0) is 13.3. The number of aryl methyl sites for hydroxylation is 1. The molecule has 1 saturated heterocycles. The van der Waals surface area contributed by atoms with Gasteiger partial charge in [0.1, 0.15) is 0 Å². The van der Waals surface area contributed by atoms with E-state index in [-0.39, 0.29) is 11.8 Å². The first-order valence-electron chi connectivity index (χ1n) is 6.23. The summed E-state index contributed by atoms with van der Waals surface area (Å²) in [4.78, 5) is 14.2. The van der Waals surface area contributed by atoms with Crippen molar-refractivity contribution in [2.24, 2.45) is 5.92 Å². The van der Waals surface area contributed by atoms with Gasteiger partial charge in [0.15, 0.2) is 0 Å². The fourth-order valence-electron chi connectivity index (χ4n) is 2.22. The van der Waals surface area contributed by atoms with Crippen LogP contribution < -0.4 is 0 Å². The summed E-state index contributed by atoms with van der Waals surface area (Å²) in [6, 6.07) is 5.67. The number of likely N-dealkylation sites (tertiary alicyclic amines) is 1. The second-order valence-corrected chi connectivity index (χ2v) is 5.81. The van der Waals surface area contributed by atoms with E-state index in [0.717, 1.165) is 23.0 Å². The largest absolute Gasteiger partial charge is 0.391 e. The number of aliphatic hydroxyl groups is 1. The van der Waals surface area contributed by atoms with Crippen LogP contribution in [0.25, 0.3) is 0 Å². The number of halogens is 1. The van der Waals surface area contributed by atoms with E-state index < -0.39 is 6.10 Å². The van der Waals surface area contributed by atoms with Gasteiger partial charge in [-0.25, -0.2) is 0 Å². The molecule has 2 atom stereocenters. The SMILES string of the molecule is Cc1cccc(C(=O)N2CCC(C)C(O)C2)c1Br. The van der Waals surface area contributed by atoms with Crippen molar-refractivity contribution in [1.82, 2.24) is 4.90 Å². The summed E-state index contributed by atoms with van der Waals surface area (Å²) < 4.78 is 0.850. The van der Waals surface area contributed by atoms with Crippen LogP contribution >= 0.6 is 15.9 Å². The van der Waals surface area contributed by atoms with E-state index in [2.05, 4.69) is 15.9 Å². The number of amides is 1. The van der Waals surface area contributed by atoms with E-state index in [4.69, 9.17) is 0 Å². The van der Waals surface area contributed by atoms with Crippen molar-refractivity contribution < 1.29 is 9.90 Å². The summed E-state index contributed by atoms with van der Waals surface area (Å²) in [5.74, 6) is 0.270. The minimum absolute atomic E-state index is 0.00322. The summed E-state index contributed by atoms with van der Waals surface area (Å²) in [5, 5.41) is 9.86. The van der Waals surface area contributed by atoms with E-state index in [1.54, 1.807) is 4.90 Å². The first kappa shape index (κ1) is 13.6. The Kier molecular flexibility index (Phi) is 4.07. The Balaban J connectivity index is 2.19. The number of piperidine rings is 1. The lowest BCUT2D eigenvalue weighted by Gasteiger charge is -2.34. The van der Waals surface area contributed by atoms with Crippen LogP contribution in [0.3, 0.4) is 0 Å². The second kappa shape index (κ2) is 5.41. The molecule has 98 valence electrons. The smallest absolute Gasteiger partial charge is 0.255 e. The molecule has 0 aliphatic carbocycles. The summed E-state index contributed by atoms with van der Waals surface area (Å²) >= 11 is 3.46. The molecule has 2 unspecified atom stereocenters. The highest BCUT2D eigenvalue weighted by Crippen LogP contribution is 2.25. The van der Waals surface area contributed by atoms with Crippen molar-refractivity contribution in [3.8, 4) is 0 Å². The van der Waals surface area contributed by atoms with Crippen LogP contribution in [-0.4, -0.2) is 35.1 Å². The number of rotatable bonds is 1. The molecule has 0 bridgehead atoms. The van der Waals surface area contributed by atoms with Crippen molar-refractivity contribution in [2.45, 2.75) is 26.4 Å². The van der Waals surface area contributed by atoms with Crippen molar-refractivity contribution in [2.75, 3.05) is 13.1 Å². The minimum atomic E-state index is -0.411. The number of benzene rings is 1. The van der Waals surface area contributed by atoms with Gasteiger partial charge in [-0.15, -0.1) is 0 Å². The van der Waals surface area contributed by atoms with E-state index >= 15 is 0 Å². The van der Waals surface area contributed by atoms with Crippen LogP contribution in [0.1, 0.15) is 29.3 Å². The molecule has 1 fully saturated rings. The van der Waals surface area contributed by atoms with Crippen LogP contribution in [0.2, 0.25) is 0 Å². The van der Waals surface area contributed by atoms with Gasteiger partial charge in [-0.05, 0) is 46.8 Å². The van der Waals surface area contributed by atoms with Crippen molar-refractivity contribution in [3.63, 3.8) is 0 Å². The third-order valence-electron chi connectivity index (χ3n) is 3.63. The highest BCUT2D eigenvalue weighted by atomic mass is 79.9. The number of carbonyl (C=O) groups is 1. The molecule has 1 aliphatic heterocycles. The van der Waals surface area contributed by atoms with E-state index in [1.165, 1.54) is 0 Å². The molecule has 1 amide bonds. The first-order valence-corrected chi connectivity index (χ1v) is 7.02. The van der Waals surface area contributed by atoms with Gasteiger partial charge < -0.3 is 10.0 Å². The van der Waals surface area contributed by atoms with Gasteiger partial charge in [-0.1, -0.05) is 19.1 Å². The normalized spacial score (nSPS) is 24.1. The fourth-order valence-corrected chi connectivity index (χ4v) is 2.65. The predicted molar refractivity (Wildman–Crippen MR) is 74.6 cm³/mol. The molecule has 1 N–H and O–H groups in total. The summed E-state index contributed by atoms with van der Waals surface area (Å²) in [6.07, 6.45) is 0.447. The molecule has 4 heteroatoms. The maximum atomic E-state index is 12.4. The first-order chi connectivity index (χ1) is 8.50. The maximum absolute atomic E-state index is 12.4. The standard InChI is InChI=1S/C14H18BrNO2/c1-9-6-7-16(8-12(9)17)14(18)11-5-3-4-10(2)13(11)15/h3-5,9,12,17H,6-8H2,1-2H3. The topological polar surface area (TPSA) is 40.5 Å². The number of β-amino-alcohol motifs (C(OH)–C–C–N with tert-alkyl or cyclic N) is 1. The van der Waals surface area contributed by atoms with E-state index in [0.29, 0.717) is 12.1 Å². The van der Waals surface area contributed by atoms with Crippen LogP contribution in [-0.2, 0) is 0 Å². The van der Waals surface area contributed by atoms with E-state index in [1.807, 2.05) is 32.0 Å².